The number of anilines is 1. The molecule has 2 amide bonds. The Morgan fingerprint density at radius 1 is 1.22 bits per heavy atom. The number of aromatic nitrogens is 3. The summed E-state index contributed by atoms with van der Waals surface area (Å²) in [5.74, 6) is 0.0987. The van der Waals surface area contributed by atoms with Crippen molar-refractivity contribution in [1.29, 1.82) is 0 Å². The van der Waals surface area contributed by atoms with Gasteiger partial charge in [-0.2, -0.15) is 4.98 Å². The highest BCUT2D eigenvalue weighted by Gasteiger charge is 2.07. The van der Waals surface area contributed by atoms with Gasteiger partial charge in [0.25, 0.3) is 5.56 Å². The number of urea groups is 1. The van der Waals surface area contributed by atoms with E-state index < -0.39 is 0 Å². The molecule has 0 atom stereocenters. The largest absolute Gasteiger partial charge is 0.338 e. The molecule has 7 nitrogen and oxygen atoms in total. The van der Waals surface area contributed by atoms with Crippen LogP contribution in [0.15, 0.2) is 23.1 Å². The van der Waals surface area contributed by atoms with Gasteiger partial charge in [0.2, 0.25) is 5.95 Å². The van der Waals surface area contributed by atoms with E-state index in [0.29, 0.717) is 17.6 Å². The monoisotopic (exact) mass is 317 g/mol. The van der Waals surface area contributed by atoms with E-state index in [1.165, 1.54) is 25.7 Å². The van der Waals surface area contributed by atoms with Gasteiger partial charge in [-0.3, -0.25) is 15.1 Å². The Morgan fingerprint density at radius 2 is 2.00 bits per heavy atom. The zero-order valence-corrected chi connectivity index (χ0v) is 13.4. The Hall–Kier alpha value is -2.44. The number of amides is 2. The molecular weight excluding hydrogens is 294 g/mol. The first-order valence-corrected chi connectivity index (χ1v) is 8.10. The highest BCUT2D eigenvalue weighted by Crippen LogP contribution is 2.05. The normalized spacial score (nSPS) is 10.7. The van der Waals surface area contributed by atoms with Gasteiger partial charge in [-0.15, -0.1) is 0 Å². The number of rotatable bonds is 8. The number of fused-ring (bicyclic) bond motifs is 1. The van der Waals surface area contributed by atoms with Gasteiger partial charge in [-0.25, -0.2) is 9.78 Å². The van der Waals surface area contributed by atoms with Gasteiger partial charge < -0.3 is 5.32 Å². The third kappa shape index (κ3) is 5.36. The van der Waals surface area contributed by atoms with Crippen molar-refractivity contribution in [3.05, 3.63) is 28.7 Å². The Morgan fingerprint density at radius 3 is 2.83 bits per heavy atom. The van der Waals surface area contributed by atoms with E-state index in [-0.39, 0.29) is 17.5 Å². The number of nitrogens with one attached hydrogen (secondary N) is 3. The van der Waals surface area contributed by atoms with Crippen molar-refractivity contribution in [3.8, 4) is 0 Å². The van der Waals surface area contributed by atoms with Crippen molar-refractivity contribution < 1.29 is 4.79 Å². The van der Waals surface area contributed by atoms with Crippen molar-refractivity contribution in [2.75, 3.05) is 11.9 Å². The molecule has 2 heterocycles. The maximum absolute atomic E-state index is 11.9. The number of unbranched alkanes of at least 4 members (excludes halogenated alkanes) is 5. The molecule has 0 aromatic carbocycles. The van der Waals surface area contributed by atoms with Crippen LogP contribution in [0.3, 0.4) is 0 Å². The maximum atomic E-state index is 11.9. The van der Waals surface area contributed by atoms with Crippen LogP contribution < -0.4 is 16.2 Å². The quantitative estimate of drug-likeness (QED) is 0.652. The number of carbonyl (C=O) groups is 1. The number of hydrogen-bond acceptors (Lipinski definition) is 4. The molecule has 0 saturated heterocycles. The van der Waals surface area contributed by atoms with Gasteiger partial charge in [0.15, 0.2) is 5.65 Å². The van der Waals surface area contributed by atoms with Crippen molar-refractivity contribution >= 4 is 23.0 Å². The van der Waals surface area contributed by atoms with Crippen LogP contribution in [0.5, 0.6) is 0 Å². The summed E-state index contributed by atoms with van der Waals surface area (Å²) >= 11 is 0. The number of pyridine rings is 1. The van der Waals surface area contributed by atoms with Gasteiger partial charge in [-0.05, 0) is 18.6 Å². The molecule has 0 unspecified atom stereocenters. The van der Waals surface area contributed by atoms with E-state index in [4.69, 9.17) is 0 Å². The molecule has 2 aromatic heterocycles. The summed E-state index contributed by atoms with van der Waals surface area (Å²) in [6, 6.07) is 2.92. The molecule has 7 heteroatoms. The summed E-state index contributed by atoms with van der Waals surface area (Å²) in [6.07, 6.45) is 8.54. The fraction of sp³-hybridized carbons (Fsp3) is 0.500. The average molecular weight is 317 g/mol. The molecule has 0 radical (unpaired) electrons. The van der Waals surface area contributed by atoms with Crippen LogP contribution in [-0.2, 0) is 0 Å². The highest BCUT2D eigenvalue weighted by atomic mass is 16.2. The number of aromatic amines is 1. The van der Waals surface area contributed by atoms with Crippen molar-refractivity contribution in [3.63, 3.8) is 0 Å². The van der Waals surface area contributed by atoms with E-state index in [1.807, 2.05) is 0 Å². The first-order chi connectivity index (χ1) is 11.2. The average Bonchev–Trinajstić information content (AvgIpc) is 2.54. The molecule has 0 bridgehead atoms. The molecule has 0 spiro atoms. The lowest BCUT2D eigenvalue weighted by molar-refractivity contribution is 0.251. The molecule has 0 aliphatic carbocycles. The van der Waals surface area contributed by atoms with Gasteiger partial charge >= 0.3 is 6.03 Å². The molecule has 0 aliphatic heterocycles. The lowest BCUT2D eigenvalue weighted by Gasteiger charge is -2.07. The van der Waals surface area contributed by atoms with Crippen LogP contribution in [0.4, 0.5) is 10.7 Å². The summed E-state index contributed by atoms with van der Waals surface area (Å²) in [5.41, 5.74) is -0.0169. The molecule has 124 valence electrons. The predicted molar refractivity (Wildman–Crippen MR) is 90.6 cm³/mol. The summed E-state index contributed by atoms with van der Waals surface area (Å²) in [4.78, 5) is 34.3. The second kappa shape index (κ2) is 8.87. The number of H-pyrrole nitrogens is 1. The van der Waals surface area contributed by atoms with Crippen LogP contribution in [0, 0.1) is 0 Å². The third-order valence-corrected chi connectivity index (χ3v) is 3.53. The van der Waals surface area contributed by atoms with Crippen molar-refractivity contribution in [1.82, 2.24) is 20.3 Å². The summed E-state index contributed by atoms with van der Waals surface area (Å²) < 4.78 is 0. The maximum Gasteiger partial charge on any atom is 0.321 e. The standard InChI is InChI=1S/C16H23N5O2/c1-2-3-4-5-6-7-10-18-16(23)21-15-19-13-12(14(22)20-15)9-8-11-17-13/h8-9,11H,2-7,10H2,1H3,(H3,17,18,19,20,21,22,23). The van der Waals surface area contributed by atoms with Crippen LogP contribution in [-0.4, -0.2) is 27.5 Å². The number of hydrogen-bond donors (Lipinski definition) is 3. The molecular formula is C16H23N5O2. The number of nitrogens with zero attached hydrogens (tertiary/aromatic N) is 2. The zero-order valence-electron chi connectivity index (χ0n) is 13.4. The van der Waals surface area contributed by atoms with Crippen LogP contribution in [0.25, 0.3) is 11.0 Å². The lowest BCUT2D eigenvalue weighted by Crippen LogP contribution is -2.31. The minimum absolute atomic E-state index is 0.0987. The minimum Gasteiger partial charge on any atom is -0.338 e. The van der Waals surface area contributed by atoms with E-state index in [1.54, 1.807) is 18.3 Å². The zero-order chi connectivity index (χ0) is 16.5. The summed E-state index contributed by atoms with van der Waals surface area (Å²) in [6.45, 7) is 2.79. The van der Waals surface area contributed by atoms with Gasteiger partial charge in [-0.1, -0.05) is 39.0 Å². The molecule has 0 aliphatic rings. The smallest absolute Gasteiger partial charge is 0.321 e. The molecule has 2 aromatic rings. The molecule has 3 N–H and O–H groups in total. The predicted octanol–water partition coefficient (Wildman–Crippen LogP) is 2.80. The lowest BCUT2D eigenvalue weighted by atomic mass is 10.1. The van der Waals surface area contributed by atoms with Crippen LogP contribution in [0.1, 0.15) is 45.4 Å². The van der Waals surface area contributed by atoms with E-state index in [2.05, 4.69) is 32.5 Å². The molecule has 0 fully saturated rings. The van der Waals surface area contributed by atoms with Crippen LogP contribution in [0.2, 0.25) is 0 Å². The number of carbonyl (C=O) groups excluding carboxylic acids is 1. The fourth-order valence-electron chi connectivity index (χ4n) is 2.29. The summed E-state index contributed by atoms with van der Waals surface area (Å²) in [7, 11) is 0. The Kier molecular flexibility index (Phi) is 6.53. The Bertz CT molecular complexity index is 698. The van der Waals surface area contributed by atoms with E-state index in [0.717, 1.165) is 12.8 Å². The second-order valence-corrected chi connectivity index (χ2v) is 5.44. The molecule has 2 rings (SSSR count). The van der Waals surface area contributed by atoms with Gasteiger partial charge in [0.1, 0.15) is 0 Å². The molecule has 23 heavy (non-hydrogen) atoms. The van der Waals surface area contributed by atoms with Crippen molar-refractivity contribution in [2.45, 2.75) is 45.4 Å². The minimum atomic E-state index is -0.378. The first-order valence-electron chi connectivity index (χ1n) is 8.10. The second-order valence-electron chi connectivity index (χ2n) is 5.44. The van der Waals surface area contributed by atoms with Gasteiger partial charge in [0, 0.05) is 12.7 Å². The van der Waals surface area contributed by atoms with Crippen molar-refractivity contribution in [2.24, 2.45) is 0 Å². The van der Waals surface area contributed by atoms with Gasteiger partial charge in [0.05, 0.1) is 5.39 Å². The van der Waals surface area contributed by atoms with E-state index >= 15 is 0 Å². The van der Waals surface area contributed by atoms with E-state index in [9.17, 15) is 9.59 Å². The third-order valence-electron chi connectivity index (χ3n) is 3.53. The topological polar surface area (TPSA) is 99.8 Å². The summed E-state index contributed by atoms with van der Waals surface area (Å²) in [5, 5.41) is 5.68. The Balaban J connectivity index is 1.78. The highest BCUT2D eigenvalue weighted by molar-refractivity contribution is 5.88. The fourth-order valence-corrected chi connectivity index (χ4v) is 2.29. The molecule has 0 saturated carbocycles. The SMILES string of the molecule is CCCCCCCCNC(=O)Nc1nc2ncccc2c(=O)[nH]1. The Labute approximate surface area is 134 Å². The van der Waals surface area contributed by atoms with Crippen LogP contribution >= 0.6 is 0 Å². The first kappa shape index (κ1) is 16.9.